The molecule has 1 aliphatic carbocycles. The molecule has 0 saturated heterocycles. The summed E-state index contributed by atoms with van der Waals surface area (Å²) in [6, 6.07) is 3.22. The Balaban J connectivity index is 1.83. The monoisotopic (exact) mass is 400 g/mol. The van der Waals surface area contributed by atoms with Crippen molar-refractivity contribution >= 4 is 17.5 Å². The van der Waals surface area contributed by atoms with Gasteiger partial charge in [-0.15, -0.1) is 0 Å². The summed E-state index contributed by atoms with van der Waals surface area (Å²) in [5.41, 5.74) is -0.906. The zero-order valence-electron chi connectivity index (χ0n) is 15.1. The van der Waals surface area contributed by atoms with Gasteiger partial charge < -0.3 is 29.9 Å². The fraction of sp³-hybridized carbons (Fsp3) is 0.250. The molecule has 1 aliphatic heterocycles. The number of ether oxygens (including phenoxy) is 2. The normalized spacial score (nSPS) is 19.2. The third-order valence-electron chi connectivity index (χ3n) is 5.04. The van der Waals surface area contributed by atoms with E-state index in [1.54, 1.807) is 0 Å². The Morgan fingerprint density at radius 1 is 1.07 bits per heavy atom. The molecule has 0 saturated carbocycles. The molecule has 0 fully saturated rings. The number of fused-ring (bicyclic) bond motifs is 3. The van der Waals surface area contributed by atoms with Crippen molar-refractivity contribution in [3.05, 3.63) is 46.0 Å². The number of carbonyl (C=O) groups excluding carboxylic acids is 3. The first-order valence-electron chi connectivity index (χ1n) is 8.74. The van der Waals surface area contributed by atoms with E-state index in [-0.39, 0.29) is 46.6 Å². The van der Waals surface area contributed by atoms with Crippen LogP contribution >= 0.6 is 0 Å². The fourth-order valence-corrected chi connectivity index (χ4v) is 3.80. The Morgan fingerprint density at radius 3 is 2.45 bits per heavy atom. The maximum atomic E-state index is 13.0. The second-order valence-corrected chi connectivity index (χ2v) is 6.85. The molecular weight excluding hydrogens is 384 g/mol. The van der Waals surface area contributed by atoms with Crippen LogP contribution < -0.4 is 4.74 Å². The van der Waals surface area contributed by atoms with E-state index in [0.29, 0.717) is 0 Å². The summed E-state index contributed by atoms with van der Waals surface area (Å²) in [5, 5.41) is 40.7. The molecule has 0 amide bonds. The van der Waals surface area contributed by atoms with Crippen molar-refractivity contribution in [2.24, 2.45) is 0 Å². The van der Waals surface area contributed by atoms with Gasteiger partial charge in [0.05, 0.1) is 23.7 Å². The summed E-state index contributed by atoms with van der Waals surface area (Å²) in [7, 11) is 0. The average Bonchev–Trinajstić information content (AvgIpc) is 2.94. The molecule has 4 rings (SSSR count). The molecule has 9 nitrogen and oxygen atoms in total. The Morgan fingerprint density at radius 2 is 1.76 bits per heavy atom. The Hall–Kier alpha value is -3.59. The molecule has 2 aromatic carbocycles. The average molecular weight is 400 g/mol. The first-order valence-corrected chi connectivity index (χ1v) is 8.74. The minimum Gasteiger partial charge on any atom is -0.508 e. The number of carbonyl (C=O) groups is 3. The van der Waals surface area contributed by atoms with Crippen LogP contribution in [0.2, 0.25) is 0 Å². The lowest BCUT2D eigenvalue weighted by atomic mass is 9.80. The maximum absolute atomic E-state index is 13.0. The number of phenols is 3. The van der Waals surface area contributed by atoms with Crippen LogP contribution in [0.15, 0.2) is 18.2 Å². The Bertz CT molecular complexity index is 1090. The van der Waals surface area contributed by atoms with Crippen molar-refractivity contribution < 1.29 is 44.3 Å². The van der Waals surface area contributed by atoms with Crippen LogP contribution in [0.3, 0.4) is 0 Å². The molecule has 2 aliphatic rings. The zero-order valence-corrected chi connectivity index (χ0v) is 15.1. The van der Waals surface area contributed by atoms with Gasteiger partial charge in [-0.2, -0.15) is 0 Å². The van der Waals surface area contributed by atoms with E-state index in [2.05, 4.69) is 0 Å². The molecule has 2 atom stereocenters. The molecule has 0 bridgehead atoms. The number of esters is 1. The molecule has 0 aromatic heterocycles. The lowest BCUT2D eigenvalue weighted by Gasteiger charge is -2.21. The van der Waals surface area contributed by atoms with Crippen LogP contribution in [0.1, 0.15) is 56.7 Å². The van der Waals surface area contributed by atoms with Gasteiger partial charge in [-0.05, 0) is 18.6 Å². The van der Waals surface area contributed by atoms with Gasteiger partial charge in [-0.25, -0.2) is 0 Å². The molecule has 1 heterocycles. The number of rotatable bonds is 3. The van der Waals surface area contributed by atoms with E-state index in [9.17, 15) is 34.8 Å². The largest absolute Gasteiger partial charge is 0.508 e. The van der Waals surface area contributed by atoms with Gasteiger partial charge in [0.15, 0.2) is 5.78 Å². The number of aliphatic hydroxyl groups is 1. The van der Waals surface area contributed by atoms with Gasteiger partial charge >= 0.3 is 5.97 Å². The van der Waals surface area contributed by atoms with Crippen LogP contribution in [0.25, 0.3) is 0 Å². The summed E-state index contributed by atoms with van der Waals surface area (Å²) in [4.78, 5) is 36.8. The summed E-state index contributed by atoms with van der Waals surface area (Å²) in [6.45, 7) is 1.18. The highest BCUT2D eigenvalue weighted by atomic mass is 16.6. The van der Waals surface area contributed by atoms with Crippen LogP contribution in [0.4, 0.5) is 0 Å². The van der Waals surface area contributed by atoms with Crippen molar-refractivity contribution in [3.8, 4) is 23.0 Å². The van der Waals surface area contributed by atoms with Crippen molar-refractivity contribution in [1.82, 2.24) is 0 Å². The maximum Gasteiger partial charge on any atom is 0.302 e. The minimum atomic E-state index is -1.37. The van der Waals surface area contributed by atoms with Gasteiger partial charge in [0, 0.05) is 29.7 Å². The SMILES string of the molecule is CC(=O)OCC[C@H]1c2c(cc3c(c2O)C(=O)c2c(O)cc(O)cc2C3=O)O[C@H]1O. The topological polar surface area (TPSA) is 151 Å². The zero-order chi connectivity index (χ0) is 21.0. The van der Waals surface area contributed by atoms with Crippen molar-refractivity contribution in [2.45, 2.75) is 25.6 Å². The van der Waals surface area contributed by atoms with E-state index in [4.69, 9.17) is 9.47 Å². The van der Waals surface area contributed by atoms with Gasteiger partial charge in [-0.3, -0.25) is 14.4 Å². The van der Waals surface area contributed by atoms with Crippen molar-refractivity contribution in [2.75, 3.05) is 6.61 Å². The molecule has 0 unspecified atom stereocenters. The molecule has 4 N–H and O–H groups in total. The predicted molar refractivity (Wildman–Crippen MR) is 95.4 cm³/mol. The molecular formula is C20H16O9. The van der Waals surface area contributed by atoms with E-state index in [1.165, 1.54) is 13.0 Å². The summed E-state index contributed by atoms with van der Waals surface area (Å²) in [5.74, 6) is -4.31. The van der Waals surface area contributed by atoms with Crippen molar-refractivity contribution in [1.29, 1.82) is 0 Å². The van der Waals surface area contributed by atoms with Crippen LogP contribution in [0, 0.1) is 0 Å². The molecule has 9 heteroatoms. The highest BCUT2D eigenvalue weighted by Crippen LogP contribution is 2.50. The molecule has 150 valence electrons. The fourth-order valence-electron chi connectivity index (χ4n) is 3.80. The number of hydrogen-bond donors (Lipinski definition) is 4. The van der Waals surface area contributed by atoms with Gasteiger partial charge in [-0.1, -0.05) is 0 Å². The summed E-state index contributed by atoms with van der Waals surface area (Å²) < 4.78 is 10.2. The van der Waals surface area contributed by atoms with E-state index >= 15 is 0 Å². The Kier molecular flexibility index (Phi) is 4.20. The minimum absolute atomic E-state index is 0.0237. The second kappa shape index (κ2) is 6.49. The first-order chi connectivity index (χ1) is 13.7. The lowest BCUT2D eigenvalue weighted by molar-refractivity contribution is -0.141. The number of aliphatic hydroxyl groups excluding tert-OH is 1. The molecule has 2 aromatic rings. The molecule has 0 spiro atoms. The van der Waals surface area contributed by atoms with Crippen LogP contribution in [0.5, 0.6) is 23.0 Å². The van der Waals surface area contributed by atoms with E-state index in [1.807, 2.05) is 0 Å². The first kappa shape index (κ1) is 18.8. The van der Waals surface area contributed by atoms with Crippen LogP contribution in [-0.4, -0.2) is 50.9 Å². The highest BCUT2D eigenvalue weighted by molar-refractivity contribution is 6.30. The highest BCUT2D eigenvalue weighted by Gasteiger charge is 2.42. The number of hydrogen-bond acceptors (Lipinski definition) is 9. The Labute approximate surface area is 163 Å². The number of benzene rings is 2. The standard InChI is InChI=1S/C20H16O9/c1-7(21)28-3-2-9-15-13(29-20(9)27)6-11-16(19(15)26)18(25)14-10(17(11)24)4-8(22)5-12(14)23/h4-6,9,20,22-23,26-27H,2-3H2,1H3/t9-,20+/m0/s1. The number of phenolic OH excluding ortho intramolecular Hbond substituents is 3. The predicted octanol–water partition coefficient (Wildman–Crippen LogP) is 1.33. The van der Waals surface area contributed by atoms with Gasteiger partial charge in [0.1, 0.15) is 23.0 Å². The smallest absolute Gasteiger partial charge is 0.302 e. The van der Waals surface area contributed by atoms with Crippen molar-refractivity contribution in [3.63, 3.8) is 0 Å². The second-order valence-electron chi connectivity index (χ2n) is 6.85. The molecule has 29 heavy (non-hydrogen) atoms. The van der Waals surface area contributed by atoms with Crippen LogP contribution in [-0.2, 0) is 9.53 Å². The van der Waals surface area contributed by atoms with E-state index < -0.39 is 47.0 Å². The van der Waals surface area contributed by atoms with Gasteiger partial charge in [0.2, 0.25) is 12.1 Å². The number of ketones is 2. The van der Waals surface area contributed by atoms with Gasteiger partial charge in [0.25, 0.3) is 0 Å². The summed E-state index contributed by atoms with van der Waals surface area (Å²) >= 11 is 0. The molecule has 0 radical (unpaired) electrons. The number of aromatic hydroxyl groups is 3. The lowest BCUT2D eigenvalue weighted by Crippen LogP contribution is -2.22. The summed E-state index contributed by atoms with van der Waals surface area (Å²) in [6.07, 6.45) is -1.27. The third kappa shape index (κ3) is 2.78. The van der Waals surface area contributed by atoms with E-state index in [0.717, 1.165) is 12.1 Å². The quantitative estimate of drug-likeness (QED) is 0.477. The third-order valence-corrected chi connectivity index (χ3v) is 5.04.